The Balaban J connectivity index is 2.25. The molecule has 27 heavy (non-hydrogen) atoms. The second-order valence-corrected chi connectivity index (χ2v) is 7.54. The molecule has 0 amide bonds. The zero-order chi connectivity index (χ0) is 19.7. The van der Waals surface area contributed by atoms with Gasteiger partial charge >= 0.3 is 0 Å². The van der Waals surface area contributed by atoms with E-state index < -0.39 is 0 Å². The SMILES string of the molecule is CCc1cc2c([C@H](C)CO)cn(C)c2nc1-c1ccc(C(C)C)nc1NC. The minimum atomic E-state index is 0.0888. The monoisotopic (exact) mass is 366 g/mol. The fourth-order valence-corrected chi connectivity index (χ4v) is 3.54. The Morgan fingerprint density at radius 1 is 1.19 bits per heavy atom. The molecule has 0 unspecified atom stereocenters. The smallest absolute Gasteiger partial charge is 0.140 e. The third-order valence-corrected chi connectivity index (χ3v) is 5.25. The molecule has 2 N–H and O–H groups in total. The summed E-state index contributed by atoms with van der Waals surface area (Å²) in [6, 6.07) is 6.45. The Labute approximate surface area is 161 Å². The van der Waals surface area contributed by atoms with Crippen molar-refractivity contribution in [2.45, 2.75) is 46.0 Å². The van der Waals surface area contributed by atoms with Crippen LogP contribution in [0.25, 0.3) is 22.3 Å². The molecule has 0 aromatic carbocycles. The third kappa shape index (κ3) is 3.44. The number of fused-ring (bicyclic) bond motifs is 1. The highest BCUT2D eigenvalue weighted by molar-refractivity contribution is 5.87. The zero-order valence-electron chi connectivity index (χ0n) is 17.2. The summed E-state index contributed by atoms with van der Waals surface area (Å²) in [4.78, 5) is 9.84. The van der Waals surface area contributed by atoms with Crippen molar-refractivity contribution in [3.05, 3.63) is 41.2 Å². The lowest BCUT2D eigenvalue weighted by molar-refractivity contribution is 0.273. The highest BCUT2D eigenvalue weighted by Gasteiger charge is 2.19. The van der Waals surface area contributed by atoms with Crippen molar-refractivity contribution in [3.8, 4) is 11.3 Å². The van der Waals surface area contributed by atoms with Crippen molar-refractivity contribution in [1.29, 1.82) is 0 Å². The van der Waals surface area contributed by atoms with Crippen molar-refractivity contribution >= 4 is 16.9 Å². The lowest BCUT2D eigenvalue weighted by atomic mass is 9.98. The summed E-state index contributed by atoms with van der Waals surface area (Å²) in [5, 5.41) is 14.0. The molecular weight excluding hydrogens is 336 g/mol. The van der Waals surface area contributed by atoms with Crippen LogP contribution in [0.4, 0.5) is 5.82 Å². The van der Waals surface area contributed by atoms with Crippen LogP contribution in [-0.4, -0.2) is 33.3 Å². The van der Waals surface area contributed by atoms with E-state index in [0.29, 0.717) is 5.92 Å². The van der Waals surface area contributed by atoms with Gasteiger partial charge in [-0.15, -0.1) is 0 Å². The van der Waals surface area contributed by atoms with Crippen LogP contribution >= 0.6 is 0 Å². The van der Waals surface area contributed by atoms with Crippen molar-refractivity contribution in [2.75, 3.05) is 19.0 Å². The first-order valence-electron chi connectivity index (χ1n) is 9.69. The Bertz CT molecular complexity index is 959. The molecule has 0 aliphatic heterocycles. The van der Waals surface area contributed by atoms with E-state index in [4.69, 9.17) is 9.97 Å². The van der Waals surface area contributed by atoms with Crippen LogP contribution in [-0.2, 0) is 13.5 Å². The minimum Gasteiger partial charge on any atom is -0.396 e. The van der Waals surface area contributed by atoms with Gasteiger partial charge < -0.3 is 15.0 Å². The van der Waals surface area contributed by atoms with Gasteiger partial charge in [0, 0.05) is 49.5 Å². The molecule has 5 heteroatoms. The number of rotatable bonds is 6. The van der Waals surface area contributed by atoms with E-state index in [0.717, 1.165) is 45.8 Å². The maximum atomic E-state index is 9.61. The molecule has 144 valence electrons. The Morgan fingerprint density at radius 3 is 2.52 bits per heavy atom. The topological polar surface area (TPSA) is 63.0 Å². The molecule has 0 spiro atoms. The standard InChI is InChI=1S/C22H30N4O/c1-7-15-10-17-18(14(4)12-27)11-26(6)22(17)25-20(15)16-8-9-19(13(2)3)24-21(16)23-5/h8-11,13-14,27H,7,12H2,1-6H3,(H,23,24)/t14-/m1/s1. The van der Waals surface area contributed by atoms with Crippen LogP contribution in [0.5, 0.6) is 0 Å². The lowest BCUT2D eigenvalue weighted by Gasteiger charge is -2.15. The molecule has 0 aliphatic carbocycles. The van der Waals surface area contributed by atoms with Gasteiger partial charge in [0.1, 0.15) is 11.5 Å². The van der Waals surface area contributed by atoms with E-state index in [1.54, 1.807) is 0 Å². The van der Waals surface area contributed by atoms with Crippen molar-refractivity contribution in [3.63, 3.8) is 0 Å². The predicted octanol–water partition coefficient (Wildman–Crippen LogP) is 4.46. The number of anilines is 1. The van der Waals surface area contributed by atoms with E-state index in [-0.39, 0.29) is 12.5 Å². The van der Waals surface area contributed by atoms with Gasteiger partial charge in [0.25, 0.3) is 0 Å². The predicted molar refractivity (Wildman–Crippen MR) is 112 cm³/mol. The fourth-order valence-electron chi connectivity index (χ4n) is 3.54. The van der Waals surface area contributed by atoms with Crippen molar-refractivity contribution in [2.24, 2.45) is 7.05 Å². The molecule has 1 atom stereocenters. The third-order valence-electron chi connectivity index (χ3n) is 5.25. The van der Waals surface area contributed by atoms with Gasteiger partial charge in [0.15, 0.2) is 0 Å². The van der Waals surface area contributed by atoms with Gasteiger partial charge in [0.2, 0.25) is 0 Å². The van der Waals surface area contributed by atoms with Gasteiger partial charge in [-0.25, -0.2) is 9.97 Å². The van der Waals surface area contributed by atoms with Crippen LogP contribution in [0.15, 0.2) is 24.4 Å². The first-order valence-corrected chi connectivity index (χ1v) is 9.69. The molecule has 0 saturated heterocycles. The largest absolute Gasteiger partial charge is 0.396 e. The molecule has 3 aromatic heterocycles. The first kappa shape index (κ1) is 19.4. The number of aryl methyl sites for hydroxylation is 2. The second kappa shape index (κ2) is 7.69. The number of pyridine rings is 2. The second-order valence-electron chi connectivity index (χ2n) is 7.54. The summed E-state index contributed by atoms with van der Waals surface area (Å²) in [6.45, 7) is 8.63. The van der Waals surface area contributed by atoms with E-state index in [2.05, 4.69) is 55.1 Å². The zero-order valence-corrected chi connectivity index (χ0v) is 17.2. The van der Waals surface area contributed by atoms with Gasteiger partial charge in [-0.2, -0.15) is 0 Å². The minimum absolute atomic E-state index is 0.0888. The number of nitrogens with one attached hydrogen (secondary N) is 1. The molecule has 5 nitrogen and oxygen atoms in total. The average Bonchev–Trinajstić information content (AvgIpc) is 3.01. The highest BCUT2D eigenvalue weighted by Crippen LogP contribution is 2.34. The van der Waals surface area contributed by atoms with Crippen LogP contribution in [0.1, 0.15) is 56.4 Å². The average molecular weight is 367 g/mol. The summed E-state index contributed by atoms with van der Waals surface area (Å²) in [6.07, 6.45) is 2.97. The van der Waals surface area contributed by atoms with E-state index in [1.165, 1.54) is 5.56 Å². The number of aliphatic hydroxyl groups is 1. The molecule has 0 bridgehead atoms. The normalized spacial score (nSPS) is 12.7. The van der Waals surface area contributed by atoms with E-state index in [1.807, 2.05) is 21.0 Å². The maximum Gasteiger partial charge on any atom is 0.140 e. The Kier molecular flexibility index (Phi) is 5.51. The van der Waals surface area contributed by atoms with Gasteiger partial charge in [-0.05, 0) is 41.7 Å². The fraction of sp³-hybridized carbons (Fsp3) is 0.455. The number of nitrogens with zero attached hydrogens (tertiary/aromatic N) is 3. The molecule has 0 radical (unpaired) electrons. The van der Waals surface area contributed by atoms with Crippen molar-refractivity contribution < 1.29 is 5.11 Å². The van der Waals surface area contributed by atoms with Gasteiger partial charge in [-0.1, -0.05) is 27.7 Å². The number of hydrogen-bond donors (Lipinski definition) is 2. The maximum absolute atomic E-state index is 9.61. The van der Waals surface area contributed by atoms with E-state index in [9.17, 15) is 5.11 Å². The van der Waals surface area contributed by atoms with Gasteiger partial charge in [-0.3, -0.25) is 0 Å². The van der Waals surface area contributed by atoms with Crippen LogP contribution in [0.2, 0.25) is 0 Å². The van der Waals surface area contributed by atoms with E-state index >= 15 is 0 Å². The summed E-state index contributed by atoms with van der Waals surface area (Å²) < 4.78 is 2.05. The van der Waals surface area contributed by atoms with Crippen molar-refractivity contribution in [1.82, 2.24) is 14.5 Å². The van der Waals surface area contributed by atoms with Crippen LogP contribution < -0.4 is 5.32 Å². The summed E-state index contributed by atoms with van der Waals surface area (Å²) in [5.74, 6) is 1.33. The summed E-state index contributed by atoms with van der Waals surface area (Å²) >= 11 is 0. The quantitative estimate of drug-likeness (QED) is 0.676. The van der Waals surface area contributed by atoms with Crippen LogP contribution in [0.3, 0.4) is 0 Å². The molecular formula is C22H30N4O. The molecule has 3 aromatic rings. The first-order chi connectivity index (χ1) is 12.9. The molecule has 0 fully saturated rings. The summed E-state index contributed by atoms with van der Waals surface area (Å²) in [7, 11) is 3.92. The number of aromatic nitrogens is 3. The lowest BCUT2D eigenvalue weighted by Crippen LogP contribution is -2.04. The highest BCUT2D eigenvalue weighted by atomic mass is 16.3. The summed E-state index contributed by atoms with van der Waals surface area (Å²) in [5.41, 5.74) is 6.34. The molecule has 0 saturated carbocycles. The Morgan fingerprint density at radius 2 is 1.93 bits per heavy atom. The van der Waals surface area contributed by atoms with Crippen LogP contribution in [0, 0.1) is 0 Å². The molecule has 3 heterocycles. The number of hydrogen-bond acceptors (Lipinski definition) is 4. The number of aliphatic hydroxyl groups excluding tert-OH is 1. The molecule has 3 rings (SSSR count). The Hall–Kier alpha value is -2.40. The molecule has 0 aliphatic rings. The van der Waals surface area contributed by atoms with Gasteiger partial charge in [0.05, 0.1) is 5.69 Å².